The van der Waals surface area contributed by atoms with Crippen LogP contribution < -0.4 is 15.4 Å². The van der Waals surface area contributed by atoms with Crippen LogP contribution in [-0.2, 0) is 18.0 Å². The average molecular weight is 448 g/mol. The molecule has 0 atom stereocenters. The lowest BCUT2D eigenvalue weighted by atomic mass is 10.1. The van der Waals surface area contributed by atoms with E-state index < -0.39 is 11.7 Å². The maximum atomic E-state index is 13.1. The third-order valence-electron chi connectivity index (χ3n) is 5.18. The number of fused-ring (bicyclic) bond motifs is 1. The van der Waals surface area contributed by atoms with Crippen LogP contribution in [0.25, 0.3) is 10.9 Å². The summed E-state index contributed by atoms with van der Waals surface area (Å²) >= 11 is 0. The van der Waals surface area contributed by atoms with Crippen molar-refractivity contribution in [2.24, 2.45) is 7.05 Å². The summed E-state index contributed by atoms with van der Waals surface area (Å²) in [5.41, 5.74) is 1.40. The molecule has 3 heterocycles. The topological polar surface area (TPSA) is 76.5 Å². The van der Waals surface area contributed by atoms with Crippen LogP contribution >= 0.6 is 0 Å². The van der Waals surface area contributed by atoms with E-state index in [1.54, 1.807) is 0 Å². The molecule has 4 rings (SSSR count). The molecule has 0 bridgehead atoms. The SMILES string of the molecule is CNc1nc(Nc2cc3c(cc2OC)c([C]N2CCOCC2)cn3C)ncc1C(F)(F)F. The molecular formula is C21H23F3N6O2. The maximum Gasteiger partial charge on any atom is 0.421 e. The zero-order valence-electron chi connectivity index (χ0n) is 17.9. The lowest BCUT2D eigenvalue weighted by Crippen LogP contribution is -2.34. The van der Waals surface area contributed by atoms with Crippen LogP contribution in [0.1, 0.15) is 11.1 Å². The largest absolute Gasteiger partial charge is 0.495 e. The zero-order chi connectivity index (χ0) is 22.9. The summed E-state index contributed by atoms with van der Waals surface area (Å²) in [6.07, 6.45) is -1.84. The number of methoxy groups -OCH3 is 1. The Morgan fingerprint density at radius 3 is 2.62 bits per heavy atom. The van der Waals surface area contributed by atoms with Crippen LogP contribution in [0, 0.1) is 6.54 Å². The van der Waals surface area contributed by atoms with E-state index in [1.807, 2.05) is 29.9 Å². The van der Waals surface area contributed by atoms with Crippen LogP contribution in [0.3, 0.4) is 0 Å². The fraction of sp³-hybridized carbons (Fsp3) is 0.381. The molecule has 0 saturated carbocycles. The lowest BCUT2D eigenvalue weighted by molar-refractivity contribution is -0.137. The third kappa shape index (κ3) is 4.44. The van der Waals surface area contributed by atoms with E-state index in [9.17, 15) is 13.2 Å². The molecule has 1 aromatic carbocycles. The van der Waals surface area contributed by atoms with Gasteiger partial charge in [-0.15, -0.1) is 0 Å². The molecule has 0 aliphatic carbocycles. The second kappa shape index (κ2) is 8.83. The van der Waals surface area contributed by atoms with Crippen molar-refractivity contribution in [1.29, 1.82) is 0 Å². The predicted molar refractivity (Wildman–Crippen MR) is 114 cm³/mol. The molecule has 1 saturated heterocycles. The van der Waals surface area contributed by atoms with Gasteiger partial charge in [-0.3, -0.25) is 4.90 Å². The molecule has 1 fully saturated rings. The Morgan fingerprint density at radius 2 is 1.97 bits per heavy atom. The van der Waals surface area contributed by atoms with Gasteiger partial charge in [-0.25, -0.2) is 4.98 Å². The maximum absolute atomic E-state index is 13.1. The smallest absolute Gasteiger partial charge is 0.421 e. The Kier molecular flexibility index (Phi) is 6.11. The predicted octanol–water partition coefficient (Wildman–Crippen LogP) is 3.50. The molecule has 0 spiro atoms. The Balaban J connectivity index is 1.67. The van der Waals surface area contributed by atoms with Crippen molar-refractivity contribution in [2.45, 2.75) is 6.18 Å². The molecule has 11 heteroatoms. The van der Waals surface area contributed by atoms with Gasteiger partial charge in [-0.2, -0.15) is 18.2 Å². The molecular weight excluding hydrogens is 425 g/mol. The number of alkyl halides is 3. The highest BCUT2D eigenvalue weighted by Gasteiger charge is 2.35. The van der Waals surface area contributed by atoms with Crippen molar-refractivity contribution in [3.05, 3.63) is 42.2 Å². The van der Waals surface area contributed by atoms with Gasteiger partial charge in [0.1, 0.15) is 17.1 Å². The first-order valence-corrected chi connectivity index (χ1v) is 9.95. The van der Waals surface area contributed by atoms with Crippen molar-refractivity contribution in [1.82, 2.24) is 19.4 Å². The number of anilines is 3. The number of nitrogens with one attached hydrogen (secondary N) is 2. The van der Waals surface area contributed by atoms with Gasteiger partial charge in [0, 0.05) is 50.5 Å². The minimum absolute atomic E-state index is 0.0147. The molecule has 2 radical (unpaired) electrons. The first-order valence-electron chi connectivity index (χ1n) is 9.95. The van der Waals surface area contributed by atoms with Gasteiger partial charge in [0.25, 0.3) is 0 Å². The number of aryl methyl sites for hydroxylation is 1. The van der Waals surface area contributed by atoms with Crippen molar-refractivity contribution < 1.29 is 22.6 Å². The number of hydrogen-bond donors (Lipinski definition) is 2. The fourth-order valence-corrected chi connectivity index (χ4v) is 3.57. The van der Waals surface area contributed by atoms with E-state index in [4.69, 9.17) is 9.47 Å². The van der Waals surface area contributed by atoms with Crippen molar-refractivity contribution >= 4 is 28.4 Å². The standard InChI is InChI=1S/C21H23F3N6O2/c1-25-19-15(21(22,23)24)10-26-20(28-19)27-16-9-17-14(8-18(16)31-3)13(11-29(17)2)12-30-4-6-32-7-5-30/h8-11H,4-7H2,1-3H3,(H2,25,26,27,28). The molecule has 0 amide bonds. The highest BCUT2D eigenvalue weighted by atomic mass is 19.4. The van der Waals surface area contributed by atoms with Crippen LogP contribution in [0.2, 0.25) is 0 Å². The Hall–Kier alpha value is -3.05. The minimum atomic E-state index is -4.56. The molecule has 1 aliphatic rings. The summed E-state index contributed by atoms with van der Waals surface area (Å²) in [5, 5.41) is 6.38. The van der Waals surface area contributed by atoms with Gasteiger partial charge < -0.3 is 24.7 Å². The number of aromatic nitrogens is 3. The summed E-state index contributed by atoms with van der Waals surface area (Å²) in [6, 6.07) is 3.71. The first kappa shape index (κ1) is 22.2. The monoisotopic (exact) mass is 448 g/mol. The normalized spacial score (nSPS) is 15.2. The number of nitrogens with zero attached hydrogens (tertiary/aromatic N) is 4. The van der Waals surface area contributed by atoms with Gasteiger partial charge in [-0.1, -0.05) is 0 Å². The van der Waals surface area contributed by atoms with E-state index in [-0.39, 0.29) is 11.8 Å². The number of rotatable bonds is 6. The summed E-state index contributed by atoms with van der Waals surface area (Å²) in [5.74, 6) is 0.204. The van der Waals surface area contributed by atoms with Gasteiger partial charge in [-0.05, 0) is 12.1 Å². The zero-order valence-corrected chi connectivity index (χ0v) is 17.9. The quantitative estimate of drug-likeness (QED) is 0.598. The van der Waals surface area contributed by atoms with Crippen molar-refractivity contribution in [3.8, 4) is 5.75 Å². The molecule has 32 heavy (non-hydrogen) atoms. The number of benzene rings is 1. The molecule has 3 aromatic rings. The molecule has 8 nitrogen and oxygen atoms in total. The van der Waals surface area contributed by atoms with Crippen molar-refractivity contribution in [2.75, 3.05) is 51.1 Å². The Morgan fingerprint density at radius 1 is 1.22 bits per heavy atom. The van der Waals surface area contributed by atoms with Gasteiger partial charge >= 0.3 is 6.18 Å². The third-order valence-corrected chi connectivity index (χ3v) is 5.18. The highest BCUT2D eigenvalue weighted by molar-refractivity contribution is 5.91. The summed E-state index contributed by atoms with van der Waals surface area (Å²) < 4.78 is 52.2. The van der Waals surface area contributed by atoms with Crippen LogP contribution in [0.5, 0.6) is 5.75 Å². The average Bonchev–Trinajstić information content (AvgIpc) is 3.07. The van der Waals surface area contributed by atoms with E-state index in [0.29, 0.717) is 24.7 Å². The van der Waals surface area contributed by atoms with Crippen molar-refractivity contribution in [3.63, 3.8) is 0 Å². The summed E-state index contributed by atoms with van der Waals surface area (Å²) in [6.45, 7) is 6.28. The van der Waals surface area contributed by atoms with E-state index in [0.717, 1.165) is 35.8 Å². The molecule has 2 aromatic heterocycles. The molecule has 0 unspecified atom stereocenters. The number of halogens is 3. The first-order chi connectivity index (χ1) is 15.3. The van der Waals surface area contributed by atoms with E-state index >= 15 is 0 Å². The molecule has 2 N–H and O–H groups in total. The Labute approximate surface area is 183 Å². The van der Waals surface area contributed by atoms with Gasteiger partial charge in [0.15, 0.2) is 0 Å². The number of ether oxygens (including phenoxy) is 2. The number of morpholine rings is 1. The van der Waals surface area contributed by atoms with E-state index in [1.165, 1.54) is 14.2 Å². The lowest BCUT2D eigenvalue weighted by Gasteiger charge is -2.25. The van der Waals surface area contributed by atoms with E-state index in [2.05, 4.69) is 32.0 Å². The van der Waals surface area contributed by atoms with Gasteiger partial charge in [0.05, 0.1) is 38.1 Å². The van der Waals surface area contributed by atoms with Crippen LogP contribution in [-0.4, -0.2) is 59.9 Å². The summed E-state index contributed by atoms with van der Waals surface area (Å²) in [4.78, 5) is 9.89. The number of hydrogen-bond acceptors (Lipinski definition) is 7. The molecule has 170 valence electrons. The fourth-order valence-electron chi connectivity index (χ4n) is 3.57. The second-order valence-electron chi connectivity index (χ2n) is 7.26. The minimum Gasteiger partial charge on any atom is -0.495 e. The van der Waals surface area contributed by atoms with Crippen LogP contribution in [0.4, 0.5) is 30.6 Å². The molecule has 1 aliphatic heterocycles. The van der Waals surface area contributed by atoms with Crippen LogP contribution in [0.15, 0.2) is 24.5 Å². The Bertz CT molecular complexity index is 1110. The van der Waals surface area contributed by atoms with Gasteiger partial charge in [0.2, 0.25) is 5.95 Å². The second-order valence-corrected chi connectivity index (χ2v) is 7.26. The highest BCUT2D eigenvalue weighted by Crippen LogP contribution is 2.37. The summed E-state index contributed by atoms with van der Waals surface area (Å²) in [7, 11) is 4.81.